The average molecular weight is 316 g/mol. The van der Waals surface area contributed by atoms with Crippen LogP contribution in [0, 0.1) is 0 Å². The van der Waals surface area contributed by atoms with Crippen LogP contribution in [0.1, 0.15) is 30.0 Å². The van der Waals surface area contributed by atoms with Crippen LogP contribution in [-0.4, -0.2) is 49.9 Å². The monoisotopic (exact) mass is 316 g/mol. The van der Waals surface area contributed by atoms with Gasteiger partial charge in [0, 0.05) is 57.7 Å². The Hall–Kier alpha value is -2.31. The van der Waals surface area contributed by atoms with E-state index >= 15 is 0 Å². The number of nitrogens with zero attached hydrogens (tertiary/aromatic N) is 5. The van der Waals surface area contributed by atoms with Crippen LogP contribution in [0.5, 0.6) is 0 Å². The molecule has 1 aliphatic heterocycles. The molecule has 3 rings (SSSR count). The molecule has 0 spiro atoms. The second-order valence-electron chi connectivity index (χ2n) is 6.19. The molecule has 0 radical (unpaired) electrons. The van der Waals surface area contributed by atoms with Gasteiger partial charge in [0.05, 0.1) is 12.5 Å². The quantitative estimate of drug-likeness (QED) is 0.924. The Bertz CT molecular complexity index is 653. The van der Waals surface area contributed by atoms with E-state index in [0.29, 0.717) is 12.5 Å². The van der Waals surface area contributed by atoms with Crippen LogP contribution in [0.3, 0.4) is 0 Å². The van der Waals surface area contributed by atoms with Crippen molar-refractivity contribution >= 4 is 6.03 Å². The molecule has 1 N–H and O–H groups in total. The first kappa shape index (κ1) is 15.6. The minimum Gasteiger partial charge on any atom is -0.338 e. The maximum absolute atomic E-state index is 12.2. The Morgan fingerprint density at radius 2 is 2.09 bits per heavy atom. The second kappa shape index (κ2) is 6.85. The van der Waals surface area contributed by atoms with Gasteiger partial charge in [0.2, 0.25) is 0 Å². The highest BCUT2D eigenvalue weighted by Gasteiger charge is 2.25. The molecule has 0 aromatic carbocycles. The summed E-state index contributed by atoms with van der Waals surface area (Å²) in [5, 5.41) is 7.13. The molecule has 1 fully saturated rings. The number of hydrogen-bond donors (Lipinski definition) is 1. The van der Waals surface area contributed by atoms with Crippen LogP contribution < -0.4 is 5.32 Å². The smallest absolute Gasteiger partial charge is 0.317 e. The first-order chi connectivity index (χ1) is 11.1. The maximum atomic E-state index is 12.2. The molecule has 124 valence electrons. The fourth-order valence-electron chi connectivity index (χ4n) is 3.17. The largest absolute Gasteiger partial charge is 0.338 e. The predicted octanol–water partition coefficient (Wildman–Crippen LogP) is 1.29. The first-order valence-electron chi connectivity index (χ1n) is 8.10. The van der Waals surface area contributed by atoms with Crippen molar-refractivity contribution in [3.05, 3.63) is 36.2 Å². The second-order valence-corrected chi connectivity index (χ2v) is 6.19. The SMILES string of the molecule is Cn1cc(CCNC(=O)N2CCC(c3cncn3C)CC2)cn1. The Kier molecular flexibility index (Phi) is 4.64. The number of piperidine rings is 1. The summed E-state index contributed by atoms with van der Waals surface area (Å²) < 4.78 is 3.86. The average Bonchev–Trinajstić information content (AvgIpc) is 3.16. The van der Waals surface area contributed by atoms with Gasteiger partial charge in [-0.25, -0.2) is 9.78 Å². The highest BCUT2D eigenvalue weighted by molar-refractivity contribution is 5.74. The Morgan fingerprint density at radius 3 is 2.70 bits per heavy atom. The minimum atomic E-state index is 0.0392. The summed E-state index contributed by atoms with van der Waals surface area (Å²) in [5.41, 5.74) is 2.41. The molecule has 0 saturated carbocycles. The molecule has 1 aliphatic rings. The fraction of sp³-hybridized carbons (Fsp3) is 0.562. The van der Waals surface area contributed by atoms with Gasteiger partial charge in [0.25, 0.3) is 0 Å². The van der Waals surface area contributed by atoms with Crippen molar-refractivity contribution in [3.8, 4) is 0 Å². The molecule has 0 unspecified atom stereocenters. The zero-order valence-electron chi connectivity index (χ0n) is 13.8. The van der Waals surface area contributed by atoms with E-state index in [1.165, 1.54) is 5.69 Å². The number of hydrogen-bond acceptors (Lipinski definition) is 3. The summed E-state index contributed by atoms with van der Waals surface area (Å²) in [5.74, 6) is 0.502. The van der Waals surface area contributed by atoms with Gasteiger partial charge < -0.3 is 14.8 Å². The summed E-state index contributed by atoms with van der Waals surface area (Å²) in [6.07, 6.45) is 10.4. The molecule has 2 aromatic rings. The molecule has 0 bridgehead atoms. The van der Waals surface area contributed by atoms with Crippen molar-refractivity contribution in [2.24, 2.45) is 14.1 Å². The molecule has 2 aromatic heterocycles. The maximum Gasteiger partial charge on any atom is 0.317 e. The number of rotatable bonds is 4. The van der Waals surface area contributed by atoms with E-state index in [1.54, 1.807) is 4.68 Å². The highest BCUT2D eigenvalue weighted by Crippen LogP contribution is 2.27. The van der Waals surface area contributed by atoms with Crippen LogP contribution in [0.25, 0.3) is 0 Å². The molecule has 0 atom stereocenters. The lowest BCUT2D eigenvalue weighted by molar-refractivity contribution is 0.180. The van der Waals surface area contributed by atoms with Gasteiger partial charge in [-0.1, -0.05) is 0 Å². The predicted molar refractivity (Wildman–Crippen MR) is 87.1 cm³/mol. The van der Waals surface area contributed by atoms with Crippen molar-refractivity contribution in [2.45, 2.75) is 25.2 Å². The fourth-order valence-corrected chi connectivity index (χ4v) is 3.17. The number of likely N-dealkylation sites (tertiary alicyclic amines) is 1. The Balaban J connectivity index is 1.42. The molecule has 7 heteroatoms. The van der Waals surface area contributed by atoms with E-state index in [1.807, 2.05) is 43.9 Å². The van der Waals surface area contributed by atoms with Crippen LogP contribution >= 0.6 is 0 Å². The summed E-state index contributed by atoms with van der Waals surface area (Å²) in [7, 11) is 3.92. The lowest BCUT2D eigenvalue weighted by Crippen LogP contribution is -2.44. The number of carbonyl (C=O) groups excluding carboxylic acids is 1. The van der Waals surface area contributed by atoms with E-state index in [2.05, 4.69) is 20.0 Å². The van der Waals surface area contributed by atoms with Gasteiger partial charge in [0.1, 0.15) is 0 Å². The van der Waals surface area contributed by atoms with Gasteiger partial charge in [-0.3, -0.25) is 4.68 Å². The van der Waals surface area contributed by atoms with Crippen molar-refractivity contribution in [2.75, 3.05) is 19.6 Å². The molecule has 23 heavy (non-hydrogen) atoms. The number of aryl methyl sites for hydroxylation is 2. The van der Waals surface area contributed by atoms with Crippen LogP contribution in [0.2, 0.25) is 0 Å². The Labute approximate surface area is 136 Å². The van der Waals surface area contributed by atoms with E-state index in [4.69, 9.17) is 0 Å². The lowest BCUT2D eigenvalue weighted by atomic mass is 9.94. The standard InChI is InChI=1S/C16H24N6O/c1-20-12-17-10-15(20)14-4-7-22(8-5-14)16(23)18-6-3-13-9-19-21(2)11-13/h9-12,14H,3-8H2,1-2H3,(H,18,23). The van der Waals surface area contributed by atoms with Crippen molar-refractivity contribution in [1.82, 2.24) is 29.5 Å². The van der Waals surface area contributed by atoms with Gasteiger partial charge >= 0.3 is 6.03 Å². The van der Waals surface area contributed by atoms with E-state index in [-0.39, 0.29) is 6.03 Å². The van der Waals surface area contributed by atoms with Crippen molar-refractivity contribution in [3.63, 3.8) is 0 Å². The zero-order chi connectivity index (χ0) is 16.2. The Morgan fingerprint density at radius 1 is 1.30 bits per heavy atom. The topological polar surface area (TPSA) is 68.0 Å². The van der Waals surface area contributed by atoms with Crippen LogP contribution in [0.15, 0.2) is 24.9 Å². The number of urea groups is 1. The number of aromatic nitrogens is 4. The number of nitrogens with one attached hydrogen (secondary N) is 1. The highest BCUT2D eigenvalue weighted by atomic mass is 16.2. The van der Waals surface area contributed by atoms with Crippen LogP contribution in [0.4, 0.5) is 4.79 Å². The molecule has 3 heterocycles. The third-order valence-corrected chi connectivity index (χ3v) is 4.50. The molecule has 7 nitrogen and oxygen atoms in total. The third-order valence-electron chi connectivity index (χ3n) is 4.50. The molecular weight excluding hydrogens is 292 g/mol. The van der Waals surface area contributed by atoms with E-state index in [9.17, 15) is 4.79 Å². The molecular formula is C16H24N6O. The van der Waals surface area contributed by atoms with E-state index in [0.717, 1.165) is 37.9 Å². The van der Waals surface area contributed by atoms with Crippen LogP contribution in [-0.2, 0) is 20.5 Å². The van der Waals surface area contributed by atoms with Gasteiger partial charge in [-0.05, 0) is 24.8 Å². The number of amides is 2. The van der Waals surface area contributed by atoms with Crippen molar-refractivity contribution in [1.29, 1.82) is 0 Å². The van der Waals surface area contributed by atoms with Crippen molar-refractivity contribution < 1.29 is 4.79 Å². The van der Waals surface area contributed by atoms with E-state index < -0.39 is 0 Å². The zero-order valence-corrected chi connectivity index (χ0v) is 13.8. The summed E-state index contributed by atoms with van der Waals surface area (Å²) in [4.78, 5) is 18.3. The minimum absolute atomic E-state index is 0.0392. The summed E-state index contributed by atoms with van der Waals surface area (Å²) in [6, 6.07) is 0.0392. The molecule has 1 saturated heterocycles. The van der Waals surface area contributed by atoms with Gasteiger partial charge in [-0.2, -0.15) is 5.10 Å². The normalized spacial score (nSPS) is 15.8. The molecule has 0 aliphatic carbocycles. The number of carbonyl (C=O) groups is 1. The van der Waals surface area contributed by atoms with Gasteiger partial charge in [0.15, 0.2) is 0 Å². The summed E-state index contributed by atoms with van der Waals surface area (Å²) in [6.45, 7) is 2.25. The third kappa shape index (κ3) is 3.72. The number of imidazole rings is 1. The lowest BCUT2D eigenvalue weighted by Gasteiger charge is -2.32. The molecule has 2 amide bonds. The summed E-state index contributed by atoms with van der Waals surface area (Å²) >= 11 is 0. The van der Waals surface area contributed by atoms with Gasteiger partial charge in [-0.15, -0.1) is 0 Å². The first-order valence-corrected chi connectivity index (χ1v) is 8.10.